The highest BCUT2D eigenvalue weighted by Gasteiger charge is 2.49. The lowest BCUT2D eigenvalue weighted by Gasteiger charge is -2.19. The molecule has 106 valence electrons. The van der Waals surface area contributed by atoms with Crippen molar-refractivity contribution in [1.29, 1.82) is 0 Å². The van der Waals surface area contributed by atoms with Gasteiger partial charge in [0, 0.05) is 6.04 Å². The highest BCUT2D eigenvalue weighted by Crippen LogP contribution is 2.57. The van der Waals surface area contributed by atoms with E-state index in [-0.39, 0.29) is 0 Å². The second-order valence-electron chi connectivity index (χ2n) is 6.54. The molecule has 1 aliphatic carbocycles. The van der Waals surface area contributed by atoms with Crippen LogP contribution >= 0.6 is 0 Å². The van der Waals surface area contributed by atoms with Crippen LogP contribution in [-0.4, -0.2) is 14.2 Å². The van der Waals surface area contributed by atoms with Gasteiger partial charge in [-0.05, 0) is 59.3 Å². The summed E-state index contributed by atoms with van der Waals surface area (Å²) in [5.74, 6) is 1.65. The lowest BCUT2D eigenvalue weighted by atomic mass is 9.95. The van der Waals surface area contributed by atoms with Gasteiger partial charge in [0.05, 0.1) is 7.11 Å². The van der Waals surface area contributed by atoms with Crippen LogP contribution in [0.4, 0.5) is 0 Å². The van der Waals surface area contributed by atoms with Crippen molar-refractivity contribution < 1.29 is 4.74 Å². The van der Waals surface area contributed by atoms with E-state index in [1.54, 1.807) is 7.11 Å². The molecule has 2 atom stereocenters. The molecule has 1 aliphatic rings. The van der Waals surface area contributed by atoms with Gasteiger partial charge in [0.15, 0.2) is 0 Å². The Bertz CT molecular complexity index is 632. The lowest BCUT2D eigenvalue weighted by Crippen LogP contribution is -2.20. The lowest BCUT2D eigenvalue weighted by molar-refractivity contribution is 0.415. The van der Waals surface area contributed by atoms with Crippen molar-refractivity contribution in [2.75, 3.05) is 14.2 Å². The van der Waals surface area contributed by atoms with Crippen LogP contribution in [0.2, 0.25) is 0 Å². The van der Waals surface area contributed by atoms with Crippen molar-refractivity contribution in [1.82, 2.24) is 5.32 Å². The minimum absolute atomic E-state index is 0.455. The maximum Gasteiger partial charge on any atom is 0.119 e. The number of methoxy groups -OCH3 is 1. The topological polar surface area (TPSA) is 21.3 Å². The fourth-order valence-corrected chi connectivity index (χ4v) is 3.24. The van der Waals surface area contributed by atoms with Crippen molar-refractivity contribution in [3.05, 3.63) is 42.0 Å². The molecular formula is C18H23NO. The molecule has 0 radical (unpaired) electrons. The zero-order valence-corrected chi connectivity index (χ0v) is 12.7. The Hall–Kier alpha value is -1.54. The van der Waals surface area contributed by atoms with Crippen molar-refractivity contribution in [2.45, 2.75) is 26.3 Å². The maximum atomic E-state index is 5.28. The van der Waals surface area contributed by atoms with E-state index in [1.807, 2.05) is 6.07 Å². The second-order valence-corrected chi connectivity index (χ2v) is 6.54. The molecule has 1 fully saturated rings. The highest BCUT2D eigenvalue weighted by atomic mass is 16.5. The predicted octanol–water partition coefficient (Wildman–Crippen LogP) is 4.16. The van der Waals surface area contributed by atoms with E-state index in [0.29, 0.717) is 11.5 Å². The first-order valence-electron chi connectivity index (χ1n) is 7.30. The Morgan fingerprint density at radius 1 is 1.15 bits per heavy atom. The largest absolute Gasteiger partial charge is 0.497 e. The van der Waals surface area contributed by atoms with Crippen LogP contribution in [0.25, 0.3) is 10.8 Å². The molecule has 2 aromatic rings. The number of rotatable bonds is 4. The summed E-state index contributed by atoms with van der Waals surface area (Å²) in [4.78, 5) is 0. The molecule has 1 N–H and O–H groups in total. The minimum Gasteiger partial charge on any atom is -0.497 e. The number of ether oxygens (including phenoxy) is 1. The molecule has 0 saturated heterocycles. The van der Waals surface area contributed by atoms with Gasteiger partial charge in [-0.15, -0.1) is 0 Å². The summed E-state index contributed by atoms with van der Waals surface area (Å²) in [5, 5.41) is 6.01. The van der Waals surface area contributed by atoms with Gasteiger partial charge in [0.1, 0.15) is 5.75 Å². The van der Waals surface area contributed by atoms with Gasteiger partial charge in [-0.2, -0.15) is 0 Å². The van der Waals surface area contributed by atoms with Crippen molar-refractivity contribution in [3.8, 4) is 5.75 Å². The third-order valence-electron chi connectivity index (χ3n) is 4.73. The first-order valence-corrected chi connectivity index (χ1v) is 7.30. The van der Waals surface area contributed by atoms with Gasteiger partial charge in [0.2, 0.25) is 0 Å². The number of hydrogen-bond acceptors (Lipinski definition) is 2. The molecule has 1 saturated carbocycles. The summed E-state index contributed by atoms with van der Waals surface area (Å²) in [7, 11) is 3.78. The van der Waals surface area contributed by atoms with Crippen LogP contribution in [0.5, 0.6) is 5.75 Å². The van der Waals surface area contributed by atoms with Gasteiger partial charge < -0.3 is 10.1 Å². The van der Waals surface area contributed by atoms with Gasteiger partial charge in [-0.25, -0.2) is 0 Å². The molecule has 20 heavy (non-hydrogen) atoms. The van der Waals surface area contributed by atoms with Gasteiger partial charge in [-0.3, -0.25) is 0 Å². The first kappa shape index (κ1) is 13.4. The monoisotopic (exact) mass is 269 g/mol. The number of hydrogen-bond donors (Lipinski definition) is 1. The van der Waals surface area contributed by atoms with E-state index in [0.717, 1.165) is 11.7 Å². The molecular weight excluding hydrogens is 246 g/mol. The zero-order valence-electron chi connectivity index (χ0n) is 12.7. The fraction of sp³-hybridized carbons (Fsp3) is 0.444. The van der Waals surface area contributed by atoms with Crippen molar-refractivity contribution in [2.24, 2.45) is 11.3 Å². The molecule has 0 aliphatic heterocycles. The Kier molecular flexibility index (Phi) is 3.21. The van der Waals surface area contributed by atoms with Crippen LogP contribution < -0.4 is 10.1 Å². The second kappa shape index (κ2) is 4.78. The zero-order chi connectivity index (χ0) is 14.3. The van der Waals surface area contributed by atoms with Gasteiger partial charge >= 0.3 is 0 Å². The summed E-state index contributed by atoms with van der Waals surface area (Å²) in [6.07, 6.45) is 1.30. The third-order valence-corrected chi connectivity index (χ3v) is 4.73. The van der Waals surface area contributed by atoms with Crippen LogP contribution in [-0.2, 0) is 0 Å². The minimum atomic E-state index is 0.455. The number of benzene rings is 2. The standard InChI is InChI=1S/C18H23NO/c1-18(2)11-16(18)17(19-3)14-6-5-13-10-15(20-4)8-7-12(13)9-14/h5-10,16-17,19H,11H2,1-4H3. The molecule has 0 aromatic heterocycles. The van der Waals surface area contributed by atoms with E-state index in [9.17, 15) is 0 Å². The quantitative estimate of drug-likeness (QED) is 0.900. The number of nitrogens with one attached hydrogen (secondary N) is 1. The van der Waals surface area contributed by atoms with E-state index >= 15 is 0 Å². The molecule has 2 nitrogen and oxygen atoms in total. The third kappa shape index (κ3) is 2.29. The van der Waals surface area contributed by atoms with Crippen LogP contribution in [0, 0.1) is 11.3 Å². The van der Waals surface area contributed by atoms with E-state index in [4.69, 9.17) is 4.74 Å². The summed E-state index contributed by atoms with van der Waals surface area (Å²) >= 11 is 0. The molecule has 2 heteroatoms. The average Bonchev–Trinajstić information content (AvgIpc) is 3.07. The molecule has 2 aromatic carbocycles. The van der Waals surface area contributed by atoms with Gasteiger partial charge in [-0.1, -0.05) is 32.0 Å². The summed E-state index contributed by atoms with van der Waals surface area (Å²) < 4.78 is 5.28. The summed E-state index contributed by atoms with van der Waals surface area (Å²) in [5.41, 5.74) is 1.86. The Labute approximate surface area is 121 Å². The summed E-state index contributed by atoms with van der Waals surface area (Å²) in [6.45, 7) is 4.71. The molecule has 3 rings (SSSR count). The van der Waals surface area contributed by atoms with Crippen LogP contribution in [0.15, 0.2) is 36.4 Å². The van der Waals surface area contributed by atoms with E-state index in [1.165, 1.54) is 22.8 Å². The normalized spacial score (nSPS) is 21.7. The fourth-order valence-electron chi connectivity index (χ4n) is 3.24. The summed E-state index contributed by atoms with van der Waals surface area (Å²) in [6, 6.07) is 13.5. The Morgan fingerprint density at radius 3 is 2.40 bits per heavy atom. The smallest absolute Gasteiger partial charge is 0.119 e. The highest BCUT2D eigenvalue weighted by molar-refractivity contribution is 5.84. The van der Waals surface area contributed by atoms with Gasteiger partial charge in [0.25, 0.3) is 0 Å². The van der Waals surface area contributed by atoms with Crippen molar-refractivity contribution >= 4 is 10.8 Å². The molecule has 0 heterocycles. The molecule has 0 spiro atoms. The first-order chi connectivity index (χ1) is 9.55. The SMILES string of the molecule is CNC(c1ccc2cc(OC)ccc2c1)C1CC1(C)C. The van der Waals surface area contributed by atoms with Crippen molar-refractivity contribution in [3.63, 3.8) is 0 Å². The predicted molar refractivity (Wildman–Crippen MR) is 84.2 cm³/mol. The molecule has 0 amide bonds. The Balaban J connectivity index is 1.96. The van der Waals surface area contributed by atoms with Crippen LogP contribution in [0.3, 0.4) is 0 Å². The van der Waals surface area contributed by atoms with Crippen LogP contribution in [0.1, 0.15) is 31.9 Å². The maximum absolute atomic E-state index is 5.28. The molecule has 0 bridgehead atoms. The molecule has 2 unspecified atom stereocenters. The average molecular weight is 269 g/mol. The Morgan fingerprint density at radius 2 is 1.80 bits per heavy atom. The number of fused-ring (bicyclic) bond motifs is 1. The van der Waals surface area contributed by atoms with E-state index < -0.39 is 0 Å². The van der Waals surface area contributed by atoms with E-state index in [2.05, 4.69) is 56.5 Å².